The molecular weight excluding hydrogens is 428 g/mol. The van der Waals surface area contributed by atoms with Crippen molar-refractivity contribution in [1.29, 1.82) is 0 Å². The number of aryl methyl sites for hydroxylation is 1. The van der Waals surface area contributed by atoms with E-state index in [-0.39, 0.29) is 11.5 Å². The van der Waals surface area contributed by atoms with E-state index in [1.54, 1.807) is 13.2 Å². The van der Waals surface area contributed by atoms with E-state index in [2.05, 4.69) is 51.2 Å². The van der Waals surface area contributed by atoms with Crippen molar-refractivity contribution in [2.24, 2.45) is 0 Å². The van der Waals surface area contributed by atoms with Crippen molar-refractivity contribution in [1.82, 2.24) is 15.5 Å². The third-order valence-corrected chi connectivity index (χ3v) is 5.66. The number of anilines is 1. The highest BCUT2D eigenvalue weighted by Gasteiger charge is 2.06. The van der Waals surface area contributed by atoms with Crippen LogP contribution in [0.15, 0.2) is 77.6 Å². The lowest BCUT2D eigenvalue weighted by atomic mass is 10.0. The molecule has 3 aromatic carbocycles. The monoisotopic (exact) mass is 456 g/mol. The molecule has 4 rings (SSSR count). The minimum absolute atomic E-state index is 0.0319. The number of hydrogen-bond donors (Lipinski definition) is 3. The first-order chi connectivity index (χ1) is 16.6. The molecule has 0 bridgehead atoms. The third kappa shape index (κ3) is 5.81. The summed E-state index contributed by atoms with van der Waals surface area (Å²) in [7, 11) is 1.66. The molecule has 1 amide bonds. The Balaban J connectivity index is 1.19. The average Bonchev–Trinajstić information content (AvgIpc) is 2.89. The summed E-state index contributed by atoms with van der Waals surface area (Å²) in [5.41, 5.74) is 3.13. The van der Waals surface area contributed by atoms with Crippen molar-refractivity contribution in [3.8, 4) is 16.9 Å². The molecule has 0 aliphatic heterocycles. The molecule has 1 aromatic heterocycles. The summed E-state index contributed by atoms with van der Waals surface area (Å²) in [5, 5.41) is 14.2. The van der Waals surface area contributed by atoms with Gasteiger partial charge in [0.05, 0.1) is 12.5 Å². The highest BCUT2D eigenvalue weighted by atomic mass is 16.5. The Hall–Kier alpha value is -4.13. The van der Waals surface area contributed by atoms with E-state index in [4.69, 9.17) is 4.74 Å². The van der Waals surface area contributed by atoms with Crippen LogP contribution < -0.4 is 20.9 Å². The van der Waals surface area contributed by atoms with Gasteiger partial charge in [0, 0.05) is 24.9 Å². The van der Waals surface area contributed by atoms with Crippen molar-refractivity contribution in [3.05, 3.63) is 88.7 Å². The molecule has 0 saturated carbocycles. The third-order valence-electron chi connectivity index (χ3n) is 5.66. The Morgan fingerprint density at radius 3 is 2.53 bits per heavy atom. The van der Waals surface area contributed by atoms with Crippen LogP contribution in [0.1, 0.15) is 18.4 Å². The van der Waals surface area contributed by atoms with Crippen LogP contribution in [0, 0.1) is 0 Å². The van der Waals surface area contributed by atoms with E-state index >= 15 is 0 Å². The molecule has 4 aromatic rings. The number of aromatic nitrogens is 2. The van der Waals surface area contributed by atoms with Gasteiger partial charge in [-0.05, 0) is 47.7 Å². The number of amides is 1. The van der Waals surface area contributed by atoms with Crippen LogP contribution >= 0.6 is 0 Å². The zero-order chi connectivity index (χ0) is 23.8. The van der Waals surface area contributed by atoms with Gasteiger partial charge < -0.3 is 15.4 Å². The van der Waals surface area contributed by atoms with Crippen molar-refractivity contribution >= 4 is 22.5 Å². The summed E-state index contributed by atoms with van der Waals surface area (Å²) in [6.45, 7) is 1.21. The van der Waals surface area contributed by atoms with Crippen molar-refractivity contribution in [2.75, 3.05) is 25.5 Å². The summed E-state index contributed by atoms with van der Waals surface area (Å²) < 4.78 is 5.29. The topological polar surface area (TPSA) is 96.1 Å². The largest absolute Gasteiger partial charge is 0.497 e. The SMILES string of the molecule is COc1cccc(-c2ccc(CCC(=O)NCCCNc3n[nH]c(=O)c4ccccc34)cc2)c1. The fraction of sp³-hybridized carbons (Fsp3) is 0.222. The number of carbonyl (C=O) groups is 1. The van der Waals surface area contributed by atoms with Crippen molar-refractivity contribution < 1.29 is 9.53 Å². The number of benzene rings is 3. The molecule has 174 valence electrons. The fourth-order valence-corrected chi connectivity index (χ4v) is 3.79. The van der Waals surface area contributed by atoms with Crippen LogP contribution in [0.2, 0.25) is 0 Å². The molecule has 0 saturated heterocycles. The van der Waals surface area contributed by atoms with Gasteiger partial charge in [-0.2, -0.15) is 5.10 Å². The fourth-order valence-electron chi connectivity index (χ4n) is 3.79. The number of H-pyrrole nitrogens is 1. The zero-order valence-electron chi connectivity index (χ0n) is 19.1. The molecule has 0 radical (unpaired) electrons. The maximum atomic E-state index is 12.2. The van der Waals surface area contributed by atoms with Crippen LogP contribution in [0.3, 0.4) is 0 Å². The van der Waals surface area contributed by atoms with Crippen LogP contribution in [0.4, 0.5) is 5.82 Å². The van der Waals surface area contributed by atoms with Gasteiger partial charge in [0.1, 0.15) is 5.75 Å². The number of hydrogen-bond acceptors (Lipinski definition) is 5. The Kier molecular flexibility index (Phi) is 7.55. The second kappa shape index (κ2) is 11.1. The lowest BCUT2D eigenvalue weighted by Gasteiger charge is -2.09. The van der Waals surface area contributed by atoms with Crippen LogP contribution in [-0.4, -0.2) is 36.3 Å². The average molecular weight is 457 g/mol. The number of aromatic amines is 1. The van der Waals surface area contributed by atoms with Crippen LogP contribution in [-0.2, 0) is 11.2 Å². The van der Waals surface area contributed by atoms with Gasteiger partial charge in [0.2, 0.25) is 5.91 Å². The first kappa shape index (κ1) is 23.0. The molecule has 3 N–H and O–H groups in total. The number of nitrogens with zero attached hydrogens (tertiary/aromatic N) is 1. The molecule has 0 atom stereocenters. The lowest BCUT2D eigenvalue weighted by Crippen LogP contribution is -2.26. The Morgan fingerprint density at radius 1 is 0.941 bits per heavy atom. The number of fused-ring (bicyclic) bond motifs is 1. The van der Waals surface area contributed by atoms with Gasteiger partial charge in [-0.3, -0.25) is 9.59 Å². The highest BCUT2D eigenvalue weighted by Crippen LogP contribution is 2.24. The maximum Gasteiger partial charge on any atom is 0.272 e. The number of rotatable bonds is 10. The first-order valence-corrected chi connectivity index (χ1v) is 11.4. The zero-order valence-corrected chi connectivity index (χ0v) is 19.1. The second-order valence-corrected chi connectivity index (χ2v) is 8.01. The normalized spacial score (nSPS) is 10.7. The Morgan fingerprint density at radius 2 is 1.74 bits per heavy atom. The number of ether oxygens (including phenoxy) is 1. The maximum absolute atomic E-state index is 12.2. The molecular formula is C27H28N4O3. The summed E-state index contributed by atoms with van der Waals surface area (Å²) in [5.74, 6) is 1.50. The predicted molar refractivity (Wildman–Crippen MR) is 135 cm³/mol. The summed E-state index contributed by atoms with van der Waals surface area (Å²) in [6, 6.07) is 23.6. The quantitative estimate of drug-likeness (QED) is 0.312. The predicted octanol–water partition coefficient (Wildman–Crippen LogP) is 4.15. The summed E-state index contributed by atoms with van der Waals surface area (Å²) >= 11 is 0. The minimum Gasteiger partial charge on any atom is -0.497 e. The molecule has 34 heavy (non-hydrogen) atoms. The second-order valence-electron chi connectivity index (χ2n) is 8.01. The molecule has 1 heterocycles. The van der Waals surface area contributed by atoms with Crippen LogP contribution in [0.25, 0.3) is 21.9 Å². The van der Waals surface area contributed by atoms with E-state index in [1.165, 1.54) is 0 Å². The van der Waals surface area contributed by atoms with Gasteiger partial charge >= 0.3 is 0 Å². The molecule has 0 aliphatic rings. The van der Waals surface area contributed by atoms with Gasteiger partial charge in [-0.25, -0.2) is 5.10 Å². The summed E-state index contributed by atoms with van der Waals surface area (Å²) in [6.07, 6.45) is 1.88. The molecule has 7 heteroatoms. The van der Waals surface area contributed by atoms with Gasteiger partial charge in [0.25, 0.3) is 5.56 Å². The van der Waals surface area contributed by atoms with E-state index in [0.29, 0.717) is 37.1 Å². The van der Waals surface area contributed by atoms with E-state index in [1.807, 2.05) is 36.4 Å². The van der Waals surface area contributed by atoms with Gasteiger partial charge in [0.15, 0.2) is 5.82 Å². The number of methoxy groups -OCH3 is 1. The van der Waals surface area contributed by atoms with E-state index in [0.717, 1.165) is 34.2 Å². The summed E-state index contributed by atoms with van der Waals surface area (Å²) in [4.78, 5) is 24.1. The van der Waals surface area contributed by atoms with E-state index in [9.17, 15) is 9.59 Å². The van der Waals surface area contributed by atoms with Crippen LogP contribution in [0.5, 0.6) is 5.75 Å². The van der Waals surface area contributed by atoms with Crippen molar-refractivity contribution in [3.63, 3.8) is 0 Å². The minimum atomic E-state index is -0.205. The number of nitrogens with one attached hydrogen (secondary N) is 3. The van der Waals surface area contributed by atoms with Crippen molar-refractivity contribution in [2.45, 2.75) is 19.3 Å². The molecule has 0 aliphatic carbocycles. The Bertz CT molecular complexity index is 1320. The van der Waals surface area contributed by atoms with E-state index < -0.39 is 0 Å². The van der Waals surface area contributed by atoms with Gasteiger partial charge in [-0.15, -0.1) is 0 Å². The smallest absolute Gasteiger partial charge is 0.272 e. The lowest BCUT2D eigenvalue weighted by molar-refractivity contribution is -0.121. The molecule has 7 nitrogen and oxygen atoms in total. The standard InChI is InChI=1S/C27H28N4O3/c1-34-22-7-4-6-21(18-22)20-13-10-19(11-14-20)12-15-25(32)28-16-5-17-29-26-23-8-2-3-9-24(23)27(33)31-30-26/h2-4,6-11,13-14,18H,5,12,15-17H2,1H3,(H,28,32)(H,29,30)(H,31,33). The number of carbonyl (C=O) groups excluding carboxylic acids is 1. The highest BCUT2D eigenvalue weighted by molar-refractivity contribution is 5.90. The molecule has 0 unspecified atom stereocenters. The first-order valence-electron chi connectivity index (χ1n) is 11.4. The van der Waals surface area contributed by atoms with Gasteiger partial charge in [-0.1, -0.05) is 54.6 Å². The molecule has 0 fully saturated rings. The Labute approximate surface area is 198 Å². The molecule has 0 spiro atoms.